The van der Waals surface area contributed by atoms with Crippen LogP contribution in [0.2, 0.25) is 0 Å². The van der Waals surface area contributed by atoms with Gasteiger partial charge in [-0.3, -0.25) is 4.99 Å². The largest absolute Gasteiger partial charge is 0.496 e. The molecule has 31 heavy (non-hydrogen) atoms. The molecule has 0 radical (unpaired) electrons. The summed E-state index contributed by atoms with van der Waals surface area (Å²) in [6.45, 7) is 7.09. The first-order chi connectivity index (χ1) is 15.2. The molecule has 1 aliphatic rings. The van der Waals surface area contributed by atoms with Gasteiger partial charge in [-0.25, -0.2) is 4.98 Å². The Morgan fingerprint density at radius 1 is 1.10 bits per heavy atom. The molecule has 2 aromatic rings. The van der Waals surface area contributed by atoms with Crippen LogP contribution in [0.15, 0.2) is 23.2 Å². The Labute approximate surface area is 188 Å². The Bertz CT molecular complexity index is 829. The molecule has 0 amide bonds. The third kappa shape index (κ3) is 6.36. The van der Waals surface area contributed by atoms with Crippen molar-refractivity contribution in [1.29, 1.82) is 0 Å². The van der Waals surface area contributed by atoms with E-state index in [2.05, 4.69) is 36.4 Å². The molecule has 10 heteroatoms. The maximum atomic E-state index is 5.85. The van der Waals surface area contributed by atoms with E-state index in [0.717, 1.165) is 68.2 Å². The van der Waals surface area contributed by atoms with E-state index in [9.17, 15) is 0 Å². The fourth-order valence-corrected chi connectivity index (χ4v) is 4.09. The van der Waals surface area contributed by atoms with Gasteiger partial charge < -0.3 is 29.3 Å². The number of piperazine rings is 1. The average molecular weight is 449 g/mol. The summed E-state index contributed by atoms with van der Waals surface area (Å²) < 4.78 is 20.8. The van der Waals surface area contributed by atoms with E-state index in [4.69, 9.17) is 14.2 Å². The van der Waals surface area contributed by atoms with Crippen molar-refractivity contribution in [2.75, 3.05) is 65.5 Å². The topological polar surface area (TPSA) is 84.3 Å². The summed E-state index contributed by atoms with van der Waals surface area (Å²) >= 11 is 1.49. The molecule has 1 aromatic heterocycles. The van der Waals surface area contributed by atoms with Crippen LogP contribution in [-0.4, -0.2) is 80.8 Å². The van der Waals surface area contributed by atoms with Gasteiger partial charge in [-0.05, 0) is 6.42 Å². The molecule has 0 atom stereocenters. The van der Waals surface area contributed by atoms with Crippen LogP contribution in [0.25, 0.3) is 0 Å². The van der Waals surface area contributed by atoms with E-state index in [-0.39, 0.29) is 0 Å². The van der Waals surface area contributed by atoms with Crippen LogP contribution in [0.5, 0.6) is 17.2 Å². The van der Waals surface area contributed by atoms with Gasteiger partial charge in [-0.15, -0.1) is 0 Å². The van der Waals surface area contributed by atoms with Crippen molar-refractivity contribution in [3.05, 3.63) is 24.0 Å². The SMILES string of the molecule is CCc1nsc(N2CCN(C(=NC)NCCCOc3cc(OC)cc(OC)c3)CC2)n1. The van der Waals surface area contributed by atoms with Crippen molar-refractivity contribution in [3.8, 4) is 17.2 Å². The molecule has 1 aromatic carbocycles. The number of aliphatic imine (C=N–C) groups is 1. The Balaban J connectivity index is 1.39. The molecule has 0 aliphatic carbocycles. The number of rotatable bonds is 9. The van der Waals surface area contributed by atoms with E-state index >= 15 is 0 Å². The summed E-state index contributed by atoms with van der Waals surface area (Å²) in [5.74, 6) is 4.02. The molecule has 0 saturated carbocycles. The van der Waals surface area contributed by atoms with Crippen LogP contribution >= 0.6 is 11.5 Å². The zero-order chi connectivity index (χ0) is 22.1. The lowest BCUT2D eigenvalue weighted by Gasteiger charge is -2.36. The van der Waals surface area contributed by atoms with Gasteiger partial charge in [0.15, 0.2) is 5.96 Å². The minimum Gasteiger partial charge on any atom is -0.496 e. The molecule has 1 N–H and O–H groups in total. The van der Waals surface area contributed by atoms with Crippen LogP contribution in [0.3, 0.4) is 0 Å². The normalized spacial score (nSPS) is 14.5. The standard InChI is InChI=1S/C21H32N6O3S/c1-5-19-24-21(31-25-19)27-10-8-26(9-11-27)20(22-2)23-7-6-12-30-18-14-16(28-3)13-17(15-18)29-4/h13-15H,5-12H2,1-4H3,(H,22,23). The van der Waals surface area contributed by atoms with Crippen LogP contribution in [0.4, 0.5) is 5.13 Å². The molecule has 1 aliphatic heterocycles. The minimum absolute atomic E-state index is 0.588. The van der Waals surface area contributed by atoms with Crippen LogP contribution in [0, 0.1) is 0 Å². The lowest BCUT2D eigenvalue weighted by atomic mass is 10.3. The third-order valence-corrected chi connectivity index (χ3v) is 5.85. The number of ether oxygens (including phenoxy) is 3. The molecule has 0 unspecified atom stereocenters. The van der Waals surface area contributed by atoms with Gasteiger partial charge in [-0.2, -0.15) is 4.37 Å². The monoisotopic (exact) mass is 448 g/mol. The second-order valence-electron chi connectivity index (χ2n) is 7.05. The molecular weight excluding hydrogens is 416 g/mol. The number of benzene rings is 1. The van der Waals surface area contributed by atoms with Gasteiger partial charge in [0.1, 0.15) is 23.1 Å². The predicted molar refractivity (Wildman–Crippen MR) is 124 cm³/mol. The van der Waals surface area contributed by atoms with E-state index in [1.165, 1.54) is 11.5 Å². The fourth-order valence-electron chi connectivity index (χ4n) is 3.29. The van der Waals surface area contributed by atoms with E-state index in [1.807, 2.05) is 25.2 Å². The minimum atomic E-state index is 0.588. The molecule has 2 heterocycles. The molecule has 1 fully saturated rings. The summed E-state index contributed by atoms with van der Waals surface area (Å²) in [4.78, 5) is 13.6. The highest BCUT2D eigenvalue weighted by Crippen LogP contribution is 2.27. The quantitative estimate of drug-likeness (QED) is 0.355. The van der Waals surface area contributed by atoms with Crippen molar-refractivity contribution in [3.63, 3.8) is 0 Å². The molecule has 3 rings (SSSR count). The Hall–Kier alpha value is -2.75. The van der Waals surface area contributed by atoms with Crippen LogP contribution < -0.4 is 24.4 Å². The summed E-state index contributed by atoms with van der Waals surface area (Å²) in [7, 11) is 5.08. The molecule has 170 valence electrons. The van der Waals surface area contributed by atoms with Crippen molar-refractivity contribution >= 4 is 22.6 Å². The second kappa shape index (κ2) is 11.6. The number of methoxy groups -OCH3 is 2. The first-order valence-electron chi connectivity index (χ1n) is 10.6. The molecule has 1 saturated heterocycles. The van der Waals surface area contributed by atoms with E-state index in [0.29, 0.717) is 18.1 Å². The third-order valence-electron chi connectivity index (χ3n) is 5.03. The maximum absolute atomic E-state index is 5.85. The van der Waals surface area contributed by atoms with Crippen LogP contribution in [-0.2, 0) is 6.42 Å². The Kier molecular flexibility index (Phi) is 8.57. The number of nitrogens with zero attached hydrogens (tertiary/aromatic N) is 5. The predicted octanol–water partition coefficient (Wildman–Crippen LogP) is 2.28. The molecule has 9 nitrogen and oxygen atoms in total. The van der Waals surface area contributed by atoms with Crippen LogP contribution in [0.1, 0.15) is 19.2 Å². The van der Waals surface area contributed by atoms with Crippen molar-refractivity contribution < 1.29 is 14.2 Å². The van der Waals surface area contributed by atoms with Gasteiger partial charge in [0.2, 0.25) is 5.13 Å². The summed E-state index contributed by atoms with van der Waals surface area (Å²) in [5.41, 5.74) is 0. The summed E-state index contributed by atoms with van der Waals surface area (Å²) in [6, 6.07) is 5.54. The van der Waals surface area contributed by atoms with E-state index < -0.39 is 0 Å². The number of aryl methyl sites for hydroxylation is 1. The Morgan fingerprint density at radius 2 is 1.77 bits per heavy atom. The van der Waals surface area contributed by atoms with Gasteiger partial charge in [0, 0.05) is 75.9 Å². The number of hydrogen-bond donors (Lipinski definition) is 1. The zero-order valence-electron chi connectivity index (χ0n) is 18.8. The number of guanidine groups is 1. The summed E-state index contributed by atoms with van der Waals surface area (Å²) in [5, 5.41) is 4.46. The van der Waals surface area contributed by atoms with Gasteiger partial charge in [-0.1, -0.05) is 6.92 Å². The second-order valence-corrected chi connectivity index (χ2v) is 7.78. The van der Waals surface area contributed by atoms with E-state index in [1.54, 1.807) is 14.2 Å². The maximum Gasteiger partial charge on any atom is 0.205 e. The number of nitrogens with one attached hydrogen (secondary N) is 1. The average Bonchev–Trinajstić information content (AvgIpc) is 3.30. The highest BCUT2D eigenvalue weighted by molar-refractivity contribution is 7.09. The first kappa shape index (κ1) is 22.9. The molecule has 0 bridgehead atoms. The highest BCUT2D eigenvalue weighted by Gasteiger charge is 2.21. The van der Waals surface area contributed by atoms with Gasteiger partial charge >= 0.3 is 0 Å². The fraction of sp³-hybridized carbons (Fsp3) is 0.571. The van der Waals surface area contributed by atoms with Crippen molar-refractivity contribution in [1.82, 2.24) is 19.6 Å². The zero-order valence-corrected chi connectivity index (χ0v) is 19.6. The van der Waals surface area contributed by atoms with Gasteiger partial charge in [0.25, 0.3) is 0 Å². The highest BCUT2D eigenvalue weighted by atomic mass is 32.1. The lowest BCUT2D eigenvalue weighted by molar-refractivity contribution is 0.303. The number of aromatic nitrogens is 2. The lowest BCUT2D eigenvalue weighted by Crippen LogP contribution is -2.52. The smallest absolute Gasteiger partial charge is 0.205 e. The molecule has 0 spiro atoms. The first-order valence-corrected chi connectivity index (χ1v) is 11.3. The van der Waals surface area contributed by atoms with Gasteiger partial charge in [0.05, 0.1) is 20.8 Å². The Morgan fingerprint density at radius 3 is 2.35 bits per heavy atom. The summed E-state index contributed by atoms with van der Waals surface area (Å²) in [6.07, 6.45) is 1.73. The number of anilines is 1. The van der Waals surface area contributed by atoms with Crippen molar-refractivity contribution in [2.24, 2.45) is 4.99 Å². The molecular formula is C21H32N6O3S. The van der Waals surface area contributed by atoms with Crippen molar-refractivity contribution in [2.45, 2.75) is 19.8 Å². The number of hydrogen-bond acceptors (Lipinski definition) is 8.